The molecule has 0 bridgehead atoms. The van der Waals surface area contributed by atoms with Crippen molar-refractivity contribution in [1.82, 2.24) is 9.13 Å². The van der Waals surface area contributed by atoms with Crippen LogP contribution in [-0.2, 0) is 22.4 Å². The Morgan fingerprint density at radius 2 is 0.657 bits per heavy atom. The van der Waals surface area contributed by atoms with Gasteiger partial charge in [0.2, 0.25) is 0 Å². The van der Waals surface area contributed by atoms with Crippen LogP contribution in [0.3, 0.4) is 0 Å². The maximum absolute atomic E-state index is 18.9. The molecule has 0 spiro atoms. The predicted molar refractivity (Wildman–Crippen MR) is 412 cm³/mol. The molecule has 0 amide bonds. The number of hydrogen-bond donors (Lipinski definition) is 0. The maximum atomic E-state index is 18.9. The number of hydrogen-bond acceptors (Lipinski definition) is 2. The van der Waals surface area contributed by atoms with E-state index >= 15 is 13.2 Å². The van der Waals surface area contributed by atoms with Crippen LogP contribution in [0.1, 0.15) is 113 Å². The first-order chi connectivity index (χ1) is 56.4. The zero-order valence-corrected chi connectivity index (χ0v) is 55.5. The molecule has 0 aliphatic carbocycles. The molecular formula is C91H74BF3N4. The van der Waals surface area contributed by atoms with E-state index in [0.717, 1.165) is 20.3 Å². The Kier molecular flexibility index (Phi) is 9.78. The smallest absolute Gasteiger partial charge is 0.310 e. The third-order valence-electron chi connectivity index (χ3n) is 19.1. The van der Waals surface area contributed by atoms with Crippen LogP contribution in [0.5, 0.6) is 0 Å². The summed E-state index contributed by atoms with van der Waals surface area (Å²) in [5.41, 5.74) is -4.88. The number of fused-ring (bicyclic) bond motifs is 10. The van der Waals surface area contributed by atoms with Crippen molar-refractivity contribution in [2.24, 2.45) is 0 Å². The van der Waals surface area contributed by atoms with Gasteiger partial charge < -0.3 is 18.9 Å². The summed E-state index contributed by atoms with van der Waals surface area (Å²) in [6.45, 7) is 15.6. The maximum Gasteiger partial charge on any atom is 0.416 e. The Balaban J connectivity index is 1.20. The molecule has 482 valence electrons. The molecule has 0 saturated heterocycles. The third-order valence-corrected chi connectivity index (χ3v) is 19.1. The van der Waals surface area contributed by atoms with E-state index in [0.29, 0.717) is 50.1 Å². The SMILES string of the molecule is [2H]c1c([2H])c(-n2c3c([2H])c([2H])c([2H])c([2H])c3c3c([2H])c([2H])c([2H])c([2H])c32)c([2H])c2c1B1c3c(cc(C(C)(C)C)cc3N(c3c(-c4ccccc4)cc(C(C)(C)C)cc3-c3ccccc3)c3c([2H])c(-n4c5c([2H])c([2H])c([2H])c([2H])c5c5c([2H])c([2H])c([2H])c([2H])c54)c([2H])c(C(F)(F)F)c31)N2c1c(-c2ccccc2)cc(C(C)(C)C)cc1-c1ccccc1. The summed E-state index contributed by atoms with van der Waals surface area (Å²) < 4.78 is 265. The molecule has 2 aliphatic rings. The van der Waals surface area contributed by atoms with Gasteiger partial charge in [-0.1, -0.05) is 262 Å². The monoisotopic (exact) mass is 1310 g/mol. The minimum absolute atomic E-state index is 0.0320. The standard InChI is InChI=1S/C91H74BF3N4/c1-88(2,3)61-48-70(57-30-14-10-15-31-57)86(71(49-61)58-32-16-11-17-33-58)98-80-55-64(96-76-42-26-22-38-66(76)67-39-23-27-43-77(67)96)46-47-75(80)92-84-74(91(93,94)95)54-65(97-78-44-28-24-40-68(78)69-41-25-29-45-79(69)97)56-83(84)99(82-53-63(90(7,8)9)52-81(98)85(82)92)87-72(59-34-18-12-19-35-59)50-62(89(4,5)6)51-73(87)60-36-20-13-21-37-60/h10-56H,1-9H3/i22D,23D,24D,25D,26D,27D,28D,29D,38D,39D,40D,41D,42D,43D,44D,45D,46D,47D,54D,55D,56D. The third kappa shape index (κ3) is 10.0. The number of anilines is 6. The van der Waals surface area contributed by atoms with Crippen molar-refractivity contribution in [3.63, 3.8) is 0 Å². The lowest BCUT2D eigenvalue weighted by atomic mass is 9.32. The number of aromatic nitrogens is 2. The van der Waals surface area contributed by atoms with Crippen LogP contribution in [0, 0.1) is 0 Å². The Bertz CT molecular complexity index is 6740. The molecule has 0 fully saturated rings. The van der Waals surface area contributed by atoms with E-state index in [1.54, 1.807) is 53.4 Å². The van der Waals surface area contributed by atoms with Crippen LogP contribution in [0.4, 0.5) is 47.3 Å². The van der Waals surface area contributed by atoms with Crippen molar-refractivity contribution in [2.75, 3.05) is 9.80 Å². The van der Waals surface area contributed by atoms with Gasteiger partial charge in [-0.05, 0) is 156 Å². The first-order valence-corrected chi connectivity index (χ1v) is 32.7. The second-order valence-corrected chi connectivity index (χ2v) is 28.4. The second-order valence-electron chi connectivity index (χ2n) is 28.4. The fraction of sp³-hybridized carbons (Fsp3) is 0.143. The molecule has 0 atom stereocenters. The highest BCUT2D eigenvalue weighted by atomic mass is 19.4. The van der Waals surface area contributed by atoms with Gasteiger partial charge in [0.25, 0.3) is 6.71 Å². The van der Waals surface area contributed by atoms with Crippen molar-refractivity contribution in [1.29, 1.82) is 0 Å². The highest BCUT2D eigenvalue weighted by Crippen LogP contribution is 2.56. The zero-order valence-electron chi connectivity index (χ0n) is 76.5. The molecule has 13 aromatic carbocycles. The van der Waals surface area contributed by atoms with Crippen molar-refractivity contribution in [3.8, 4) is 55.9 Å². The molecule has 4 heterocycles. The average Bonchev–Trinajstić information content (AvgIpc) is 0.803. The molecule has 8 heteroatoms. The van der Waals surface area contributed by atoms with Crippen LogP contribution >= 0.6 is 0 Å². The summed E-state index contributed by atoms with van der Waals surface area (Å²) in [6.07, 6.45) is -5.83. The van der Waals surface area contributed by atoms with Crippen molar-refractivity contribution in [3.05, 3.63) is 307 Å². The number of nitrogens with zero attached hydrogens (tertiary/aromatic N) is 4. The summed E-state index contributed by atoms with van der Waals surface area (Å²) in [6, 6.07) is 28.8. The Morgan fingerprint density at radius 1 is 0.333 bits per heavy atom. The van der Waals surface area contributed by atoms with Crippen LogP contribution < -0.4 is 26.2 Å². The van der Waals surface area contributed by atoms with E-state index in [4.69, 9.17) is 5.48 Å². The summed E-state index contributed by atoms with van der Waals surface area (Å²) >= 11 is 0. The minimum atomic E-state index is -5.83. The van der Waals surface area contributed by atoms with Crippen LogP contribution in [-0.4, -0.2) is 15.8 Å². The van der Waals surface area contributed by atoms with Crippen LogP contribution in [0.25, 0.3) is 99.5 Å². The molecule has 0 N–H and O–H groups in total. The van der Waals surface area contributed by atoms with Crippen molar-refractivity contribution in [2.45, 2.75) is 84.7 Å². The van der Waals surface area contributed by atoms with Crippen molar-refractivity contribution >= 4 is 101 Å². The fourth-order valence-corrected chi connectivity index (χ4v) is 14.3. The topological polar surface area (TPSA) is 16.3 Å². The number of rotatable bonds is 8. The van der Waals surface area contributed by atoms with E-state index in [9.17, 15) is 23.3 Å². The summed E-state index contributed by atoms with van der Waals surface area (Å²) in [4.78, 5) is 3.22. The number of halogens is 3. The largest absolute Gasteiger partial charge is 0.416 e. The zero-order chi connectivity index (χ0) is 86.3. The lowest BCUT2D eigenvalue weighted by Gasteiger charge is -2.47. The molecule has 99 heavy (non-hydrogen) atoms. The Hall–Kier alpha value is -11.1. The molecule has 15 aromatic rings. The first kappa shape index (κ1) is 42.6. The van der Waals surface area contributed by atoms with E-state index < -0.39 is 239 Å². The van der Waals surface area contributed by atoms with Gasteiger partial charge in [0, 0.05) is 77.9 Å². The average molecular weight is 1310 g/mol. The predicted octanol–water partition coefficient (Wildman–Crippen LogP) is 23.5. The minimum Gasteiger partial charge on any atom is -0.310 e. The number of benzene rings is 13. The summed E-state index contributed by atoms with van der Waals surface area (Å²) in [5.74, 6) is 0. The van der Waals surface area contributed by atoms with Gasteiger partial charge in [0.15, 0.2) is 0 Å². The van der Waals surface area contributed by atoms with Gasteiger partial charge in [0.1, 0.15) is 0 Å². The van der Waals surface area contributed by atoms with E-state index in [-0.39, 0.29) is 28.2 Å². The number of para-hydroxylation sites is 4. The second kappa shape index (κ2) is 22.8. The van der Waals surface area contributed by atoms with E-state index in [2.05, 4.69) is 0 Å². The van der Waals surface area contributed by atoms with Gasteiger partial charge in [-0.3, -0.25) is 0 Å². The van der Waals surface area contributed by atoms with Gasteiger partial charge in [-0.2, -0.15) is 13.2 Å². The van der Waals surface area contributed by atoms with Gasteiger partial charge >= 0.3 is 6.18 Å². The Labute approximate surface area is 607 Å². The molecule has 0 radical (unpaired) electrons. The molecule has 2 aliphatic heterocycles. The normalized spacial score (nSPS) is 16.2. The lowest BCUT2D eigenvalue weighted by molar-refractivity contribution is -0.136. The fourth-order valence-electron chi connectivity index (χ4n) is 14.3. The molecule has 4 nitrogen and oxygen atoms in total. The lowest BCUT2D eigenvalue weighted by Crippen LogP contribution is -2.63. The highest BCUT2D eigenvalue weighted by molar-refractivity contribution is 7.00. The van der Waals surface area contributed by atoms with Crippen LogP contribution in [0.2, 0.25) is 0 Å². The molecular weight excluding hydrogens is 1220 g/mol. The quantitative estimate of drug-likeness (QED) is 0.141. The summed E-state index contributed by atoms with van der Waals surface area (Å²) in [5, 5.41) is -2.03. The highest BCUT2D eigenvalue weighted by Gasteiger charge is 2.51. The van der Waals surface area contributed by atoms with Gasteiger partial charge in [0.05, 0.1) is 67.8 Å². The van der Waals surface area contributed by atoms with Gasteiger partial charge in [-0.25, -0.2) is 0 Å². The van der Waals surface area contributed by atoms with E-state index in [1.807, 2.05) is 172 Å². The Morgan fingerprint density at radius 3 is 1.01 bits per heavy atom. The molecule has 2 aromatic heterocycles. The van der Waals surface area contributed by atoms with Crippen LogP contribution in [0.15, 0.2) is 285 Å². The molecule has 17 rings (SSSR count). The van der Waals surface area contributed by atoms with Crippen molar-refractivity contribution < 1.29 is 42.0 Å². The van der Waals surface area contributed by atoms with Gasteiger partial charge in [-0.15, -0.1) is 0 Å². The summed E-state index contributed by atoms with van der Waals surface area (Å²) in [7, 11) is 0. The number of alkyl halides is 3. The molecule has 0 saturated carbocycles. The van der Waals surface area contributed by atoms with E-state index in [1.165, 1.54) is 4.90 Å². The first-order valence-electron chi connectivity index (χ1n) is 43.2. The molecule has 0 unspecified atom stereocenters.